The molecule has 0 N–H and O–H groups in total. The zero-order chi connectivity index (χ0) is 28.1. The van der Waals surface area contributed by atoms with E-state index in [2.05, 4.69) is 71.9 Å². The molecule has 0 aromatic heterocycles. The Hall–Kier alpha value is -2.16. The van der Waals surface area contributed by atoms with Crippen LogP contribution in [0.5, 0.6) is 0 Å². The summed E-state index contributed by atoms with van der Waals surface area (Å²) >= 11 is 0. The minimum atomic E-state index is 0.198. The predicted molar refractivity (Wildman–Crippen MR) is 163 cm³/mol. The highest BCUT2D eigenvalue weighted by Gasteiger charge is 2.12. The lowest BCUT2D eigenvalue weighted by Crippen LogP contribution is -2.33. The highest BCUT2D eigenvalue weighted by Crippen LogP contribution is 2.15. The molecule has 0 fully saturated rings. The van der Waals surface area contributed by atoms with Crippen LogP contribution in [-0.4, -0.2) is 29.7 Å². The molecule has 0 spiro atoms. The highest BCUT2D eigenvalue weighted by molar-refractivity contribution is 5.92. The molecule has 37 heavy (non-hydrogen) atoms. The summed E-state index contributed by atoms with van der Waals surface area (Å²) in [4.78, 5) is 25.6. The van der Waals surface area contributed by atoms with Gasteiger partial charge in [-0.1, -0.05) is 66.5 Å². The van der Waals surface area contributed by atoms with Gasteiger partial charge in [0.05, 0.1) is 0 Å². The topological polar surface area (TPSA) is 37.4 Å². The molecular formula is C34H57NO2. The van der Waals surface area contributed by atoms with E-state index in [1.807, 2.05) is 11.8 Å². The van der Waals surface area contributed by atoms with Crippen LogP contribution < -0.4 is 0 Å². The Bertz CT molecular complexity index is 817. The molecule has 210 valence electrons. The van der Waals surface area contributed by atoms with Crippen molar-refractivity contribution in [1.29, 1.82) is 0 Å². The highest BCUT2D eigenvalue weighted by atomic mass is 16.2. The first-order valence-corrected chi connectivity index (χ1v) is 14.7. The molecule has 3 heteroatoms. The van der Waals surface area contributed by atoms with Crippen molar-refractivity contribution in [1.82, 2.24) is 4.90 Å². The van der Waals surface area contributed by atoms with Crippen LogP contribution in [0.1, 0.15) is 132 Å². The van der Waals surface area contributed by atoms with Gasteiger partial charge in [0.2, 0.25) is 5.91 Å². The third-order valence-electron chi connectivity index (χ3n) is 6.68. The van der Waals surface area contributed by atoms with E-state index in [0.717, 1.165) is 89.3 Å². The Labute approximate surface area is 229 Å². The van der Waals surface area contributed by atoms with Crippen molar-refractivity contribution in [2.24, 2.45) is 0 Å². The predicted octanol–water partition coefficient (Wildman–Crippen LogP) is 9.86. The number of hydrogen-bond acceptors (Lipinski definition) is 2. The lowest BCUT2D eigenvalue weighted by Gasteiger charge is -2.21. The molecule has 0 aliphatic rings. The molecule has 0 unspecified atom stereocenters. The summed E-state index contributed by atoms with van der Waals surface area (Å²) < 4.78 is 0. The summed E-state index contributed by atoms with van der Waals surface area (Å²) in [5.41, 5.74) is 6.61. The molecule has 0 atom stereocenters. The lowest BCUT2D eigenvalue weighted by molar-refractivity contribution is -0.127. The van der Waals surface area contributed by atoms with Gasteiger partial charge in [-0.2, -0.15) is 0 Å². The minimum absolute atomic E-state index is 0.198. The minimum Gasteiger partial charge on any atom is -0.339 e. The van der Waals surface area contributed by atoms with E-state index >= 15 is 0 Å². The number of carbonyl (C=O) groups excluding carboxylic acids is 2. The Morgan fingerprint density at radius 3 is 1.16 bits per heavy atom. The summed E-state index contributed by atoms with van der Waals surface area (Å²) in [6.07, 6.45) is 23.5. The summed E-state index contributed by atoms with van der Waals surface area (Å²) in [5, 5.41) is 0. The molecule has 0 aliphatic carbocycles. The fourth-order valence-corrected chi connectivity index (χ4v) is 4.28. The van der Waals surface area contributed by atoms with Gasteiger partial charge in [-0.05, 0) is 112 Å². The molecule has 0 saturated heterocycles. The van der Waals surface area contributed by atoms with Crippen molar-refractivity contribution >= 4 is 11.7 Å². The zero-order valence-corrected chi connectivity index (χ0v) is 25.5. The number of carbonyl (C=O) groups is 2. The average molecular weight is 512 g/mol. The van der Waals surface area contributed by atoms with E-state index in [1.54, 1.807) is 6.92 Å². The standard InChI is InChI=1S/C34H57NO2/c1-9-26-35(27-10-2)34(37)32(7)24-14-22-30(5)20-12-18-28(3)16-11-17-29(4)19-13-21-31(6)23-15-25-33(8)36/h16,19-20,23-24H,9-15,17-18,21-22,25-27H2,1-8H3/b28-16+,29-19+,30-20+,31-23+,32-24+. The van der Waals surface area contributed by atoms with Crippen LogP contribution in [0.15, 0.2) is 58.2 Å². The van der Waals surface area contributed by atoms with Gasteiger partial charge in [-0.25, -0.2) is 0 Å². The van der Waals surface area contributed by atoms with E-state index in [9.17, 15) is 9.59 Å². The normalized spacial score (nSPS) is 13.8. The van der Waals surface area contributed by atoms with E-state index < -0.39 is 0 Å². The third-order valence-corrected chi connectivity index (χ3v) is 6.68. The molecule has 1 amide bonds. The quantitative estimate of drug-likeness (QED) is 0.120. The molecule has 0 heterocycles. The van der Waals surface area contributed by atoms with Crippen LogP contribution in [0, 0.1) is 0 Å². The fourth-order valence-electron chi connectivity index (χ4n) is 4.28. The lowest BCUT2D eigenvalue weighted by atomic mass is 10.0. The number of amides is 1. The van der Waals surface area contributed by atoms with Crippen LogP contribution in [0.25, 0.3) is 0 Å². The van der Waals surface area contributed by atoms with Crippen molar-refractivity contribution in [3.8, 4) is 0 Å². The molecule has 0 aliphatic heterocycles. The maximum absolute atomic E-state index is 12.6. The van der Waals surface area contributed by atoms with Gasteiger partial charge < -0.3 is 9.69 Å². The second kappa shape index (κ2) is 21.9. The molecule has 0 rings (SSSR count). The number of rotatable bonds is 20. The molecule has 0 radical (unpaired) electrons. The van der Waals surface area contributed by atoms with Gasteiger partial charge >= 0.3 is 0 Å². The van der Waals surface area contributed by atoms with E-state index in [0.29, 0.717) is 6.42 Å². The molecule has 0 aromatic carbocycles. The van der Waals surface area contributed by atoms with Crippen molar-refractivity contribution in [2.45, 2.75) is 132 Å². The molecular weight excluding hydrogens is 454 g/mol. The summed E-state index contributed by atoms with van der Waals surface area (Å²) in [6.45, 7) is 18.4. The molecule has 3 nitrogen and oxygen atoms in total. The monoisotopic (exact) mass is 511 g/mol. The SMILES string of the molecule is CCCN(CCC)C(=O)/C(C)=C/CC/C(C)=C/CC/C(C)=C/CC/C(C)=C/CC/C(C)=C/CCC(C)=O. The van der Waals surface area contributed by atoms with E-state index in [-0.39, 0.29) is 11.7 Å². The summed E-state index contributed by atoms with van der Waals surface area (Å²) in [6, 6.07) is 0. The van der Waals surface area contributed by atoms with Crippen LogP contribution in [-0.2, 0) is 9.59 Å². The van der Waals surface area contributed by atoms with Crippen LogP contribution in [0.2, 0.25) is 0 Å². The van der Waals surface area contributed by atoms with Gasteiger partial charge in [-0.15, -0.1) is 0 Å². The van der Waals surface area contributed by atoms with Crippen LogP contribution in [0.4, 0.5) is 0 Å². The van der Waals surface area contributed by atoms with Crippen molar-refractivity contribution < 1.29 is 9.59 Å². The van der Waals surface area contributed by atoms with Gasteiger partial charge in [0.1, 0.15) is 5.78 Å². The van der Waals surface area contributed by atoms with Gasteiger partial charge in [0.25, 0.3) is 0 Å². The average Bonchev–Trinajstić information content (AvgIpc) is 2.83. The summed E-state index contributed by atoms with van der Waals surface area (Å²) in [7, 11) is 0. The van der Waals surface area contributed by atoms with Crippen molar-refractivity contribution in [3.63, 3.8) is 0 Å². The maximum atomic E-state index is 12.6. The Morgan fingerprint density at radius 2 is 0.838 bits per heavy atom. The number of ketones is 1. The van der Waals surface area contributed by atoms with E-state index in [4.69, 9.17) is 0 Å². The number of allylic oxidation sites excluding steroid dienone is 9. The number of Topliss-reactive ketones (excluding diaryl/α,β-unsaturated/α-hetero) is 1. The summed E-state index contributed by atoms with van der Waals surface area (Å²) in [5.74, 6) is 0.465. The first kappa shape index (κ1) is 34.8. The number of nitrogens with zero attached hydrogens (tertiary/aromatic N) is 1. The van der Waals surface area contributed by atoms with Gasteiger partial charge in [0.15, 0.2) is 0 Å². The Kier molecular flexibility index (Phi) is 20.6. The third kappa shape index (κ3) is 19.6. The van der Waals surface area contributed by atoms with Crippen molar-refractivity contribution in [3.05, 3.63) is 58.2 Å². The van der Waals surface area contributed by atoms with Gasteiger partial charge in [0, 0.05) is 25.1 Å². The van der Waals surface area contributed by atoms with Crippen LogP contribution >= 0.6 is 0 Å². The van der Waals surface area contributed by atoms with Crippen molar-refractivity contribution in [2.75, 3.05) is 13.1 Å². The molecule has 0 aromatic rings. The first-order valence-electron chi connectivity index (χ1n) is 14.7. The van der Waals surface area contributed by atoms with Gasteiger partial charge in [-0.3, -0.25) is 4.79 Å². The van der Waals surface area contributed by atoms with Crippen LogP contribution in [0.3, 0.4) is 0 Å². The maximum Gasteiger partial charge on any atom is 0.249 e. The number of hydrogen-bond donors (Lipinski definition) is 0. The second-order valence-electron chi connectivity index (χ2n) is 10.8. The zero-order valence-electron chi connectivity index (χ0n) is 25.5. The largest absolute Gasteiger partial charge is 0.339 e. The molecule has 0 saturated carbocycles. The smallest absolute Gasteiger partial charge is 0.249 e. The second-order valence-corrected chi connectivity index (χ2v) is 10.8. The first-order chi connectivity index (χ1) is 17.6. The Balaban J connectivity index is 4.31. The molecule has 0 bridgehead atoms. The van der Waals surface area contributed by atoms with E-state index in [1.165, 1.54) is 22.3 Å². The fraction of sp³-hybridized carbons (Fsp3) is 0.647. The Morgan fingerprint density at radius 1 is 0.514 bits per heavy atom.